The molecule has 1 aliphatic heterocycles. The van der Waals surface area contributed by atoms with Crippen LogP contribution in [0.3, 0.4) is 0 Å². The Balaban J connectivity index is 1.64. The number of benzene rings is 3. The van der Waals surface area contributed by atoms with Crippen LogP contribution in [0, 0.1) is 6.92 Å². The van der Waals surface area contributed by atoms with Crippen LogP contribution < -0.4 is 20.7 Å². The highest BCUT2D eigenvalue weighted by Gasteiger charge is 2.49. The molecular formula is C38H48N2O7Si. The molecule has 2 heterocycles. The summed E-state index contributed by atoms with van der Waals surface area (Å²) in [6, 6.07) is 25.9. The molecule has 9 nitrogen and oxygen atoms in total. The van der Waals surface area contributed by atoms with Crippen LogP contribution in [-0.4, -0.2) is 50.4 Å². The van der Waals surface area contributed by atoms with Crippen molar-refractivity contribution in [3.8, 4) is 11.5 Å². The van der Waals surface area contributed by atoms with E-state index in [2.05, 4.69) is 51.0 Å². The Kier molecular flexibility index (Phi) is 10.2. The van der Waals surface area contributed by atoms with E-state index in [0.717, 1.165) is 28.2 Å². The number of nitrogens with zero attached hydrogens (tertiary/aromatic N) is 1. The van der Waals surface area contributed by atoms with Gasteiger partial charge in [0.25, 0.3) is 5.56 Å². The maximum atomic E-state index is 13.0. The third-order valence-electron chi connectivity index (χ3n) is 9.82. The molecule has 1 saturated heterocycles. The van der Waals surface area contributed by atoms with Crippen molar-refractivity contribution in [3.63, 3.8) is 0 Å². The summed E-state index contributed by atoms with van der Waals surface area (Å²) in [4.78, 5) is 27.7. The van der Waals surface area contributed by atoms with Gasteiger partial charge in [0.2, 0.25) is 0 Å². The fourth-order valence-electron chi connectivity index (χ4n) is 6.09. The summed E-state index contributed by atoms with van der Waals surface area (Å²) in [6.45, 7) is 14.7. The van der Waals surface area contributed by atoms with Gasteiger partial charge in [0.1, 0.15) is 29.4 Å². The SMILES string of the molecule is COc1ccc(C(OC(C)[C@H]2O[C@@H](n3cc(C)c(=O)[nH]c3=O)C[C@@H]2O[Si](C)(C)C(C)(C)C)(c2ccccc2)c2ccc(OC)cc2)cc1. The van der Waals surface area contributed by atoms with E-state index in [4.69, 9.17) is 23.4 Å². The molecule has 1 aliphatic rings. The van der Waals surface area contributed by atoms with E-state index in [0.29, 0.717) is 12.0 Å². The maximum Gasteiger partial charge on any atom is 0.330 e. The van der Waals surface area contributed by atoms with Gasteiger partial charge in [-0.1, -0.05) is 75.4 Å². The second-order valence-corrected chi connectivity index (χ2v) is 18.8. The Bertz CT molecular complexity index is 1750. The smallest absolute Gasteiger partial charge is 0.330 e. The number of rotatable bonds is 11. The van der Waals surface area contributed by atoms with Crippen molar-refractivity contribution in [2.75, 3.05) is 14.2 Å². The minimum Gasteiger partial charge on any atom is -0.497 e. The molecule has 4 atom stereocenters. The zero-order valence-corrected chi connectivity index (χ0v) is 30.4. The van der Waals surface area contributed by atoms with Crippen LogP contribution >= 0.6 is 0 Å². The normalized spacial score (nSPS) is 19.2. The minimum atomic E-state index is -2.30. The van der Waals surface area contributed by atoms with Gasteiger partial charge in [-0.05, 0) is 72.9 Å². The largest absolute Gasteiger partial charge is 0.497 e. The molecule has 1 aromatic heterocycles. The third kappa shape index (κ3) is 6.93. The van der Waals surface area contributed by atoms with Crippen LogP contribution in [0.4, 0.5) is 0 Å². The molecule has 3 aromatic carbocycles. The van der Waals surface area contributed by atoms with Gasteiger partial charge in [0.05, 0.1) is 26.4 Å². The summed E-state index contributed by atoms with van der Waals surface area (Å²) in [7, 11) is 0.990. The predicted molar refractivity (Wildman–Crippen MR) is 190 cm³/mol. The first-order valence-corrected chi connectivity index (χ1v) is 19.3. The molecule has 0 amide bonds. The molecule has 5 rings (SSSR count). The van der Waals surface area contributed by atoms with Gasteiger partial charge in [-0.25, -0.2) is 4.79 Å². The number of aromatic amines is 1. The van der Waals surface area contributed by atoms with Crippen molar-refractivity contribution in [3.05, 3.63) is 128 Å². The number of methoxy groups -OCH3 is 2. The average Bonchev–Trinajstić information content (AvgIpc) is 3.48. The number of H-pyrrole nitrogens is 1. The summed E-state index contributed by atoms with van der Waals surface area (Å²) in [5, 5.41) is -0.0644. The zero-order chi connectivity index (χ0) is 34.9. The van der Waals surface area contributed by atoms with E-state index < -0.39 is 43.6 Å². The maximum absolute atomic E-state index is 13.0. The monoisotopic (exact) mass is 672 g/mol. The van der Waals surface area contributed by atoms with Gasteiger partial charge in [-0.2, -0.15) is 0 Å². The van der Waals surface area contributed by atoms with E-state index in [1.165, 1.54) is 4.57 Å². The molecule has 1 fully saturated rings. The Morgan fingerprint density at radius 2 is 1.38 bits per heavy atom. The molecule has 48 heavy (non-hydrogen) atoms. The molecule has 10 heteroatoms. The summed E-state index contributed by atoms with van der Waals surface area (Å²) in [6.07, 6.45) is -0.153. The molecule has 0 bridgehead atoms. The number of hydrogen-bond donors (Lipinski definition) is 1. The molecule has 1 N–H and O–H groups in total. The number of ether oxygens (including phenoxy) is 4. The van der Waals surface area contributed by atoms with Gasteiger partial charge in [-0.15, -0.1) is 0 Å². The summed E-state index contributed by atoms with van der Waals surface area (Å²) < 4.78 is 33.7. The second kappa shape index (κ2) is 13.9. The average molecular weight is 673 g/mol. The van der Waals surface area contributed by atoms with Crippen LogP contribution in [0.15, 0.2) is 94.6 Å². The van der Waals surface area contributed by atoms with Crippen molar-refractivity contribution in [1.29, 1.82) is 0 Å². The second-order valence-electron chi connectivity index (χ2n) is 14.0. The molecule has 4 aromatic rings. The lowest BCUT2D eigenvalue weighted by molar-refractivity contribution is -0.136. The van der Waals surface area contributed by atoms with Crippen LogP contribution in [-0.2, 0) is 19.5 Å². The van der Waals surface area contributed by atoms with Crippen molar-refractivity contribution in [1.82, 2.24) is 9.55 Å². The lowest BCUT2D eigenvalue weighted by Crippen LogP contribution is -2.49. The van der Waals surface area contributed by atoms with Crippen molar-refractivity contribution >= 4 is 8.32 Å². The highest BCUT2D eigenvalue weighted by molar-refractivity contribution is 6.74. The van der Waals surface area contributed by atoms with Gasteiger partial charge < -0.3 is 23.4 Å². The Morgan fingerprint density at radius 3 is 1.88 bits per heavy atom. The van der Waals surface area contributed by atoms with Crippen LogP contribution in [0.1, 0.15) is 62.6 Å². The first kappa shape index (κ1) is 35.3. The highest BCUT2D eigenvalue weighted by atomic mass is 28.4. The van der Waals surface area contributed by atoms with E-state index in [-0.39, 0.29) is 11.1 Å². The van der Waals surface area contributed by atoms with E-state index >= 15 is 0 Å². The third-order valence-corrected chi connectivity index (χ3v) is 14.3. The Labute approximate surface area is 283 Å². The van der Waals surface area contributed by atoms with Crippen LogP contribution in [0.5, 0.6) is 11.5 Å². The lowest BCUT2D eigenvalue weighted by atomic mass is 9.79. The standard InChI is InChI=1S/C38H48N2O7Si/c1-25-24-40(36(42)39-35(25)41)33-23-32(47-48(8,9)37(3,4)5)34(45-33)26(2)46-38(27-13-11-10-12-14-27,28-15-19-30(43-6)20-16-28)29-17-21-31(44-7)22-18-29/h10-22,24,26,32-34H,23H2,1-9H3,(H,39,41,42)/t26?,32-,33+,34+/m0/s1. The number of aryl methyl sites for hydroxylation is 1. The number of nitrogens with one attached hydrogen (secondary N) is 1. The molecule has 0 radical (unpaired) electrons. The molecule has 0 saturated carbocycles. The lowest BCUT2D eigenvalue weighted by Gasteiger charge is -2.42. The first-order valence-electron chi connectivity index (χ1n) is 16.4. The van der Waals surface area contributed by atoms with Gasteiger partial charge >= 0.3 is 5.69 Å². The van der Waals surface area contributed by atoms with Crippen LogP contribution in [0.25, 0.3) is 0 Å². The van der Waals surface area contributed by atoms with Crippen molar-refractivity contribution in [2.45, 2.75) is 89.3 Å². The van der Waals surface area contributed by atoms with Crippen molar-refractivity contribution in [2.24, 2.45) is 0 Å². The molecule has 256 valence electrons. The summed E-state index contributed by atoms with van der Waals surface area (Å²) in [5.41, 5.74) is 1.14. The summed E-state index contributed by atoms with van der Waals surface area (Å²) >= 11 is 0. The number of aromatic nitrogens is 2. The summed E-state index contributed by atoms with van der Waals surface area (Å²) in [5.74, 6) is 1.46. The van der Waals surface area contributed by atoms with Crippen LogP contribution in [0.2, 0.25) is 18.1 Å². The van der Waals surface area contributed by atoms with Gasteiger partial charge in [-0.3, -0.25) is 14.3 Å². The van der Waals surface area contributed by atoms with E-state index in [9.17, 15) is 9.59 Å². The zero-order valence-electron chi connectivity index (χ0n) is 29.4. The quantitative estimate of drug-likeness (QED) is 0.136. The van der Waals surface area contributed by atoms with Crippen molar-refractivity contribution < 1.29 is 23.4 Å². The minimum absolute atomic E-state index is 0.0644. The van der Waals surface area contributed by atoms with E-state index in [1.54, 1.807) is 27.3 Å². The topological polar surface area (TPSA) is 101 Å². The first-order chi connectivity index (χ1) is 22.7. The Hall–Kier alpha value is -3.96. The molecule has 1 unspecified atom stereocenters. The predicted octanol–water partition coefficient (Wildman–Crippen LogP) is 6.94. The van der Waals surface area contributed by atoms with Gasteiger partial charge in [0, 0.05) is 18.2 Å². The molecule has 0 aliphatic carbocycles. The highest BCUT2D eigenvalue weighted by Crippen LogP contribution is 2.46. The molecule has 0 spiro atoms. The fourth-order valence-corrected chi connectivity index (χ4v) is 7.44. The Morgan fingerprint density at radius 1 is 0.854 bits per heavy atom. The molecular weight excluding hydrogens is 625 g/mol. The van der Waals surface area contributed by atoms with E-state index in [1.807, 2.05) is 73.7 Å². The van der Waals surface area contributed by atoms with Gasteiger partial charge in [0.15, 0.2) is 8.32 Å². The fraction of sp³-hybridized carbons (Fsp3) is 0.421. The number of hydrogen-bond acceptors (Lipinski definition) is 7.